The first-order valence-corrected chi connectivity index (χ1v) is 6.86. The van der Waals surface area contributed by atoms with Crippen LogP contribution in [-0.2, 0) is 9.84 Å². The van der Waals surface area contributed by atoms with E-state index in [1.807, 2.05) is 0 Å². The summed E-state index contributed by atoms with van der Waals surface area (Å²) in [4.78, 5) is 10.7. The molecule has 0 aliphatic carbocycles. The van der Waals surface area contributed by atoms with E-state index >= 15 is 0 Å². The maximum Gasteiger partial charge on any atom is 0.276 e. The van der Waals surface area contributed by atoms with E-state index in [9.17, 15) is 13.2 Å². The lowest BCUT2D eigenvalue weighted by Gasteiger charge is -2.02. The zero-order chi connectivity index (χ0) is 11.3. The van der Waals surface area contributed by atoms with Crippen LogP contribution in [0.1, 0.15) is 0 Å². The zero-order valence-corrected chi connectivity index (χ0v) is 9.55. The van der Waals surface area contributed by atoms with Crippen LogP contribution in [0.4, 0.5) is 4.79 Å². The Labute approximate surface area is 92.8 Å². The van der Waals surface area contributed by atoms with Gasteiger partial charge in [-0.25, -0.2) is 8.42 Å². The van der Waals surface area contributed by atoms with Gasteiger partial charge >= 0.3 is 0 Å². The first-order chi connectivity index (χ1) is 7.02. The van der Waals surface area contributed by atoms with Gasteiger partial charge in [-0.15, -0.1) is 0 Å². The largest absolute Gasteiger partial charge is 0.361 e. The van der Waals surface area contributed by atoms with Gasteiger partial charge in [0.05, 0.1) is 10.6 Å². The number of carbonyl (C=O) groups is 1. The van der Waals surface area contributed by atoms with E-state index in [1.54, 1.807) is 18.2 Å². The summed E-state index contributed by atoms with van der Waals surface area (Å²) >= 11 is 0.813. The van der Waals surface area contributed by atoms with Crippen LogP contribution in [0.15, 0.2) is 35.2 Å². The van der Waals surface area contributed by atoms with Crippen molar-refractivity contribution in [3.05, 3.63) is 30.3 Å². The number of carbonyl (C=O) groups excluding carboxylic acids is 1. The van der Waals surface area contributed by atoms with Gasteiger partial charge in [0.2, 0.25) is 0 Å². The van der Waals surface area contributed by atoms with E-state index in [2.05, 4.69) is 0 Å². The van der Waals surface area contributed by atoms with Crippen molar-refractivity contribution in [3.63, 3.8) is 0 Å². The Kier molecular flexibility index (Phi) is 4.16. The normalized spacial score (nSPS) is 11.2. The maximum absolute atomic E-state index is 11.6. The fraction of sp³-hybridized carbons (Fsp3) is 0.222. The molecule has 0 saturated carbocycles. The van der Waals surface area contributed by atoms with Crippen molar-refractivity contribution < 1.29 is 13.2 Å². The van der Waals surface area contributed by atoms with Gasteiger partial charge in [0.1, 0.15) is 0 Å². The van der Waals surface area contributed by atoms with Crippen LogP contribution in [0.2, 0.25) is 0 Å². The Morgan fingerprint density at radius 3 is 2.40 bits per heavy atom. The minimum Gasteiger partial charge on any atom is -0.361 e. The van der Waals surface area contributed by atoms with E-state index in [-0.39, 0.29) is 16.4 Å². The van der Waals surface area contributed by atoms with E-state index in [0.717, 1.165) is 11.8 Å². The molecule has 0 radical (unpaired) electrons. The molecule has 0 spiro atoms. The minimum absolute atomic E-state index is 0.0788. The maximum atomic E-state index is 11.6. The predicted octanol–water partition coefficient (Wildman–Crippen LogP) is 1.27. The van der Waals surface area contributed by atoms with Crippen molar-refractivity contribution in [1.82, 2.24) is 0 Å². The minimum atomic E-state index is -3.28. The van der Waals surface area contributed by atoms with Crippen molar-refractivity contribution in [2.24, 2.45) is 5.73 Å². The second kappa shape index (κ2) is 5.18. The predicted molar refractivity (Wildman–Crippen MR) is 60.5 cm³/mol. The molecule has 6 heteroatoms. The summed E-state index contributed by atoms with van der Waals surface area (Å²) in [7, 11) is -3.28. The SMILES string of the molecule is NC(=O)SCCS(=O)(=O)c1ccccc1. The lowest BCUT2D eigenvalue weighted by atomic mass is 10.4. The second-order valence-electron chi connectivity index (χ2n) is 2.80. The third kappa shape index (κ3) is 3.93. The number of amides is 1. The molecule has 0 aliphatic rings. The number of hydrogen-bond donors (Lipinski definition) is 1. The van der Waals surface area contributed by atoms with Gasteiger partial charge in [-0.1, -0.05) is 30.0 Å². The number of rotatable bonds is 4. The zero-order valence-electron chi connectivity index (χ0n) is 7.92. The van der Waals surface area contributed by atoms with Crippen LogP contribution in [-0.4, -0.2) is 25.2 Å². The van der Waals surface area contributed by atoms with Gasteiger partial charge in [-0.3, -0.25) is 4.79 Å². The van der Waals surface area contributed by atoms with Crippen molar-refractivity contribution in [2.75, 3.05) is 11.5 Å². The van der Waals surface area contributed by atoms with Crippen LogP contribution < -0.4 is 5.73 Å². The number of hydrogen-bond acceptors (Lipinski definition) is 4. The van der Waals surface area contributed by atoms with E-state index < -0.39 is 15.1 Å². The second-order valence-corrected chi connectivity index (χ2v) is 6.01. The summed E-state index contributed by atoms with van der Waals surface area (Å²) in [6.07, 6.45) is 0. The summed E-state index contributed by atoms with van der Waals surface area (Å²) in [6, 6.07) is 8.13. The molecule has 1 amide bonds. The average molecular weight is 245 g/mol. The molecule has 0 atom stereocenters. The molecule has 1 rings (SSSR count). The van der Waals surface area contributed by atoms with E-state index in [4.69, 9.17) is 5.73 Å². The van der Waals surface area contributed by atoms with Crippen LogP contribution in [0.25, 0.3) is 0 Å². The molecular weight excluding hydrogens is 234 g/mol. The third-order valence-electron chi connectivity index (χ3n) is 1.70. The molecule has 4 nitrogen and oxygen atoms in total. The highest BCUT2D eigenvalue weighted by molar-refractivity contribution is 8.14. The van der Waals surface area contributed by atoms with Crippen LogP contribution in [0, 0.1) is 0 Å². The Morgan fingerprint density at radius 1 is 1.27 bits per heavy atom. The number of nitrogens with two attached hydrogens (primary N) is 1. The Balaban J connectivity index is 2.65. The molecule has 2 N–H and O–H groups in total. The monoisotopic (exact) mass is 245 g/mol. The molecule has 0 saturated heterocycles. The van der Waals surface area contributed by atoms with E-state index in [0.29, 0.717) is 0 Å². The fourth-order valence-electron chi connectivity index (χ4n) is 0.998. The van der Waals surface area contributed by atoms with Crippen LogP contribution in [0.5, 0.6) is 0 Å². The summed E-state index contributed by atoms with van der Waals surface area (Å²) < 4.78 is 23.3. The highest BCUT2D eigenvalue weighted by Gasteiger charge is 2.13. The van der Waals surface area contributed by atoms with E-state index in [1.165, 1.54) is 12.1 Å². The smallest absolute Gasteiger partial charge is 0.276 e. The molecule has 0 unspecified atom stereocenters. The molecular formula is C9H11NO3S2. The molecule has 1 aromatic rings. The van der Waals surface area contributed by atoms with Crippen molar-refractivity contribution in [1.29, 1.82) is 0 Å². The van der Waals surface area contributed by atoms with Crippen molar-refractivity contribution in [2.45, 2.75) is 4.90 Å². The molecule has 15 heavy (non-hydrogen) atoms. The van der Waals surface area contributed by atoms with Gasteiger partial charge in [0.15, 0.2) is 9.84 Å². The van der Waals surface area contributed by atoms with Gasteiger partial charge in [-0.2, -0.15) is 0 Å². The van der Waals surface area contributed by atoms with Gasteiger partial charge in [0.25, 0.3) is 5.24 Å². The molecule has 82 valence electrons. The molecule has 0 aromatic heterocycles. The van der Waals surface area contributed by atoms with Gasteiger partial charge in [-0.05, 0) is 12.1 Å². The van der Waals surface area contributed by atoms with Gasteiger partial charge in [0, 0.05) is 5.75 Å². The average Bonchev–Trinajstić information content (AvgIpc) is 2.18. The lowest BCUT2D eigenvalue weighted by Crippen LogP contribution is -2.12. The molecule has 0 bridgehead atoms. The fourth-order valence-corrected chi connectivity index (χ4v) is 3.22. The van der Waals surface area contributed by atoms with Crippen LogP contribution >= 0.6 is 11.8 Å². The Bertz CT molecular complexity index is 428. The molecule has 1 aromatic carbocycles. The highest BCUT2D eigenvalue weighted by atomic mass is 32.2. The van der Waals surface area contributed by atoms with Crippen molar-refractivity contribution in [3.8, 4) is 0 Å². The standard InChI is InChI=1S/C9H11NO3S2/c10-9(11)14-6-7-15(12,13)8-4-2-1-3-5-8/h1-5H,6-7H2,(H2,10,11). The molecule has 0 heterocycles. The topological polar surface area (TPSA) is 77.2 Å². The molecule has 0 fully saturated rings. The first kappa shape index (κ1) is 12.1. The summed E-state index contributed by atoms with van der Waals surface area (Å²) in [5.41, 5.74) is 4.89. The number of thioether (sulfide) groups is 1. The van der Waals surface area contributed by atoms with Crippen LogP contribution in [0.3, 0.4) is 0 Å². The molecule has 0 aliphatic heterocycles. The first-order valence-electron chi connectivity index (χ1n) is 4.22. The number of sulfone groups is 1. The Morgan fingerprint density at radius 2 is 1.87 bits per heavy atom. The quantitative estimate of drug-likeness (QED) is 0.866. The summed E-state index contributed by atoms with van der Waals surface area (Å²) in [5.74, 6) is 0.108. The summed E-state index contributed by atoms with van der Waals surface area (Å²) in [6.45, 7) is 0. The lowest BCUT2D eigenvalue weighted by molar-refractivity contribution is 0.267. The summed E-state index contributed by atoms with van der Waals surface area (Å²) in [5, 5.41) is -0.557. The van der Waals surface area contributed by atoms with Gasteiger partial charge < -0.3 is 5.73 Å². The highest BCUT2D eigenvalue weighted by Crippen LogP contribution is 2.12. The number of primary amides is 1. The Hall–Kier alpha value is -1.01. The van der Waals surface area contributed by atoms with Crippen molar-refractivity contribution >= 4 is 26.8 Å². The number of benzene rings is 1. The third-order valence-corrected chi connectivity index (χ3v) is 4.38.